The quantitative estimate of drug-likeness (QED) is 0.906. The van der Waals surface area contributed by atoms with Gasteiger partial charge in [-0.2, -0.15) is 0 Å². The molecule has 2 aromatic carbocycles. The van der Waals surface area contributed by atoms with Gasteiger partial charge in [0, 0.05) is 0 Å². The predicted octanol–water partition coefficient (Wildman–Crippen LogP) is 4.41. The Morgan fingerprint density at radius 3 is 2.35 bits per heavy atom. The van der Waals surface area contributed by atoms with Gasteiger partial charge in [-0.3, -0.25) is 4.72 Å². The van der Waals surface area contributed by atoms with Gasteiger partial charge in [-0.25, -0.2) is 8.42 Å². The molecule has 0 aromatic heterocycles. The van der Waals surface area contributed by atoms with Crippen LogP contribution < -0.4 is 4.72 Å². The number of nitrogens with one attached hydrogen (secondary N) is 1. The first kappa shape index (κ1) is 15.2. The molecule has 0 fully saturated rings. The smallest absolute Gasteiger partial charge is 0.261 e. The molecule has 0 spiro atoms. The second kappa shape index (κ2) is 5.64. The molecule has 0 heterocycles. The number of sulfonamides is 1. The summed E-state index contributed by atoms with van der Waals surface area (Å²) in [5, 5.41) is 0.480. The topological polar surface area (TPSA) is 46.2 Å². The van der Waals surface area contributed by atoms with Gasteiger partial charge >= 0.3 is 0 Å². The van der Waals surface area contributed by atoms with Crippen molar-refractivity contribution in [1.82, 2.24) is 0 Å². The van der Waals surface area contributed by atoms with E-state index < -0.39 is 10.0 Å². The van der Waals surface area contributed by atoms with E-state index in [1.54, 1.807) is 36.4 Å². The fourth-order valence-electron chi connectivity index (χ4n) is 1.67. The van der Waals surface area contributed by atoms with E-state index in [9.17, 15) is 8.42 Å². The Bertz CT molecular complexity index is 758. The SMILES string of the molecule is Cc1ccc(S(=O)(=O)Nc2cccc(Cl)c2Cl)cc1C. The van der Waals surface area contributed by atoms with Crippen LogP contribution in [-0.4, -0.2) is 8.42 Å². The molecule has 1 N–H and O–H groups in total. The molecule has 2 rings (SSSR count). The Morgan fingerprint density at radius 2 is 1.70 bits per heavy atom. The van der Waals surface area contributed by atoms with Crippen LogP contribution in [0.15, 0.2) is 41.3 Å². The van der Waals surface area contributed by atoms with Gasteiger partial charge < -0.3 is 0 Å². The maximum atomic E-state index is 12.3. The van der Waals surface area contributed by atoms with Crippen molar-refractivity contribution in [3.05, 3.63) is 57.6 Å². The average molecular weight is 330 g/mol. The fourth-order valence-corrected chi connectivity index (χ4v) is 3.23. The van der Waals surface area contributed by atoms with Crippen molar-refractivity contribution in [2.45, 2.75) is 18.7 Å². The minimum atomic E-state index is -3.68. The minimum absolute atomic E-state index is 0.182. The first-order valence-corrected chi connectivity index (χ1v) is 8.09. The van der Waals surface area contributed by atoms with Crippen LogP contribution in [0.2, 0.25) is 10.0 Å². The molecule has 0 aliphatic carbocycles. The number of hydrogen-bond donors (Lipinski definition) is 1. The van der Waals surface area contributed by atoms with Crippen LogP contribution in [0.1, 0.15) is 11.1 Å². The van der Waals surface area contributed by atoms with Crippen LogP contribution >= 0.6 is 23.2 Å². The van der Waals surface area contributed by atoms with Crippen molar-refractivity contribution < 1.29 is 8.42 Å². The van der Waals surface area contributed by atoms with E-state index >= 15 is 0 Å². The Hall–Kier alpha value is -1.23. The van der Waals surface area contributed by atoms with Crippen LogP contribution in [0.3, 0.4) is 0 Å². The van der Waals surface area contributed by atoms with Gasteiger partial charge in [-0.15, -0.1) is 0 Å². The zero-order valence-electron chi connectivity index (χ0n) is 10.9. The summed E-state index contributed by atoms with van der Waals surface area (Å²) in [6.07, 6.45) is 0. The third-order valence-electron chi connectivity index (χ3n) is 2.98. The van der Waals surface area contributed by atoms with Gasteiger partial charge in [0.05, 0.1) is 20.6 Å². The number of aryl methyl sites for hydroxylation is 2. The molecule has 0 unspecified atom stereocenters. The first-order valence-electron chi connectivity index (χ1n) is 5.85. The molecule has 0 bridgehead atoms. The number of benzene rings is 2. The minimum Gasteiger partial charge on any atom is -0.278 e. The largest absolute Gasteiger partial charge is 0.278 e. The molecule has 0 amide bonds. The molecule has 106 valence electrons. The van der Waals surface area contributed by atoms with Gasteiger partial charge in [0.25, 0.3) is 10.0 Å². The Kier molecular flexibility index (Phi) is 4.28. The predicted molar refractivity (Wildman–Crippen MR) is 83.2 cm³/mol. The molecule has 0 atom stereocenters. The highest BCUT2D eigenvalue weighted by Crippen LogP contribution is 2.31. The zero-order chi connectivity index (χ0) is 14.9. The summed E-state index contributed by atoms with van der Waals surface area (Å²) in [6.45, 7) is 3.79. The Balaban J connectivity index is 2.41. The van der Waals surface area contributed by atoms with E-state index in [1.165, 1.54) is 0 Å². The third-order valence-corrected chi connectivity index (χ3v) is 5.17. The monoisotopic (exact) mass is 329 g/mol. The first-order chi connectivity index (χ1) is 9.31. The molecule has 2 aromatic rings. The van der Waals surface area contributed by atoms with Crippen LogP contribution in [0.25, 0.3) is 0 Å². The summed E-state index contributed by atoms with van der Waals surface area (Å²) < 4.78 is 27.1. The molecule has 0 saturated carbocycles. The van der Waals surface area contributed by atoms with Crippen LogP contribution in [0, 0.1) is 13.8 Å². The molecule has 6 heteroatoms. The van der Waals surface area contributed by atoms with Gasteiger partial charge in [0.1, 0.15) is 0 Å². The number of anilines is 1. The van der Waals surface area contributed by atoms with E-state index in [2.05, 4.69) is 4.72 Å². The average Bonchev–Trinajstić information content (AvgIpc) is 2.38. The number of hydrogen-bond acceptors (Lipinski definition) is 2. The standard InChI is InChI=1S/C14H13Cl2NO2S/c1-9-6-7-11(8-10(9)2)20(18,19)17-13-5-3-4-12(15)14(13)16/h3-8,17H,1-2H3. The van der Waals surface area contributed by atoms with Crippen LogP contribution in [-0.2, 0) is 10.0 Å². The normalized spacial score (nSPS) is 11.4. The van der Waals surface area contributed by atoms with E-state index in [1.807, 2.05) is 13.8 Å². The molecule has 3 nitrogen and oxygen atoms in total. The van der Waals surface area contributed by atoms with E-state index in [-0.39, 0.29) is 15.6 Å². The second-order valence-corrected chi connectivity index (χ2v) is 6.92. The number of rotatable bonds is 3. The molecule has 0 saturated heterocycles. The molecule has 0 aliphatic rings. The second-order valence-electron chi connectivity index (χ2n) is 4.45. The molecule has 0 aliphatic heterocycles. The summed E-state index contributed by atoms with van der Waals surface area (Å²) in [6, 6.07) is 9.74. The van der Waals surface area contributed by atoms with Gasteiger partial charge in [-0.05, 0) is 49.2 Å². The summed E-state index contributed by atoms with van der Waals surface area (Å²) in [7, 11) is -3.68. The van der Waals surface area contributed by atoms with Crippen LogP contribution in [0.4, 0.5) is 5.69 Å². The zero-order valence-corrected chi connectivity index (χ0v) is 13.3. The lowest BCUT2D eigenvalue weighted by atomic mass is 10.1. The summed E-state index contributed by atoms with van der Waals surface area (Å²) in [5.41, 5.74) is 2.20. The van der Waals surface area contributed by atoms with E-state index in [0.717, 1.165) is 11.1 Å². The highest BCUT2D eigenvalue weighted by atomic mass is 35.5. The van der Waals surface area contributed by atoms with Gasteiger partial charge in [0.2, 0.25) is 0 Å². The molecular formula is C14H13Cl2NO2S. The maximum absolute atomic E-state index is 12.3. The fraction of sp³-hybridized carbons (Fsp3) is 0.143. The highest BCUT2D eigenvalue weighted by Gasteiger charge is 2.17. The molecule has 0 radical (unpaired) electrons. The van der Waals surface area contributed by atoms with Gasteiger partial charge in [-0.1, -0.05) is 35.3 Å². The third kappa shape index (κ3) is 3.08. The summed E-state index contributed by atoms with van der Waals surface area (Å²) >= 11 is 11.9. The van der Waals surface area contributed by atoms with E-state index in [4.69, 9.17) is 23.2 Å². The summed E-state index contributed by atoms with van der Waals surface area (Å²) in [5.74, 6) is 0. The van der Waals surface area contributed by atoms with Crippen molar-refractivity contribution in [2.75, 3.05) is 4.72 Å². The Labute approximate surface area is 128 Å². The van der Waals surface area contributed by atoms with Crippen molar-refractivity contribution in [2.24, 2.45) is 0 Å². The molecule has 20 heavy (non-hydrogen) atoms. The van der Waals surface area contributed by atoms with Crippen molar-refractivity contribution in [3.8, 4) is 0 Å². The molecular weight excluding hydrogens is 317 g/mol. The van der Waals surface area contributed by atoms with E-state index in [0.29, 0.717) is 5.02 Å². The summed E-state index contributed by atoms with van der Waals surface area (Å²) in [4.78, 5) is 0.191. The van der Waals surface area contributed by atoms with Gasteiger partial charge in [0.15, 0.2) is 0 Å². The van der Waals surface area contributed by atoms with Crippen molar-refractivity contribution in [1.29, 1.82) is 0 Å². The van der Waals surface area contributed by atoms with Crippen molar-refractivity contribution in [3.63, 3.8) is 0 Å². The lowest BCUT2D eigenvalue weighted by Gasteiger charge is -2.11. The lowest BCUT2D eigenvalue weighted by Crippen LogP contribution is -2.13. The van der Waals surface area contributed by atoms with Crippen molar-refractivity contribution >= 4 is 38.9 Å². The highest BCUT2D eigenvalue weighted by molar-refractivity contribution is 7.92. The van der Waals surface area contributed by atoms with Crippen LogP contribution in [0.5, 0.6) is 0 Å². The maximum Gasteiger partial charge on any atom is 0.261 e. The lowest BCUT2D eigenvalue weighted by molar-refractivity contribution is 0.601. The Morgan fingerprint density at radius 1 is 1.00 bits per heavy atom. The number of halogens is 2.